The third-order valence-corrected chi connectivity index (χ3v) is 19.7. The summed E-state index contributed by atoms with van der Waals surface area (Å²) in [7, 11) is 0. The average molecular weight is 735 g/mol. The maximum absolute atomic E-state index is 2.50. The first-order valence-electron chi connectivity index (χ1n) is 24.7. The molecule has 0 radical (unpaired) electrons. The predicted octanol–water partition coefficient (Wildman–Crippen LogP) is 14.9. The third kappa shape index (κ3) is 7.00. The van der Waals surface area contributed by atoms with E-state index in [1.807, 2.05) is 0 Å². The van der Waals surface area contributed by atoms with E-state index in [4.69, 9.17) is 0 Å². The number of hydrogen-bond donors (Lipinski definition) is 0. The van der Waals surface area contributed by atoms with Crippen LogP contribution in [0, 0.1) is 107 Å². The zero-order valence-corrected chi connectivity index (χ0v) is 34.3. The van der Waals surface area contributed by atoms with Gasteiger partial charge in [-0.3, -0.25) is 0 Å². The molecule has 0 saturated heterocycles. The van der Waals surface area contributed by atoms with Crippen LogP contribution >= 0.6 is 0 Å². The quantitative estimate of drug-likeness (QED) is 0.236. The molecule has 11 fully saturated rings. The minimum absolute atomic E-state index is 0.991. The van der Waals surface area contributed by atoms with Crippen molar-refractivity contribution in [2.24, 2.45) is 107 Å². The van der Waals surface area contributed by atoms with Crippen LogP contribution in [0.5, 0.6) is 0 Å². The van der Waals surface area contributed by atoms with Crippen molar-refractivity contribution in [3.63, 3.8) is 0 Å². The van der Waals surface area contributed by atoms with E-state index in [-0.39, 0.29) is 0 Å². The molecule has 55 heavy (non-hydrogen) atoms. The molecule has 14 aliphatic carbocycles. The molecule has 2 aromatic rings. The van der Waals surface area contributed by atoms with E-state index >= 15 is 0 Å². The van der Waals surface area contributed by atoms with Crippen molar-refractivity contribution in [3.8, 4) is 0 Å². The number of allylic oxidation sites excluding steroid dienone is 6. The molecule has 16 unspecified atom stereocenters. The van der Waals surface area contributed by atoms with Crippen LogP contribution in [0.15, 0.2) is 85.0 Å². The fourth-order valence-electron chi connectivity index (χ4n) is 17.0. The van der Waals surface area contributed by atoms with Gasteiger partial charge in [0.05, 0.1) is 0 Å². The van der Waals surface area contributed by atoms with Crippen molar-refractivity contribution in [3.05, 3.63) is 85.0 Å². The van der Waals surface area contributed by atoms with Crippen molar-refractivity contribution in [2.75, 3.05) is 0 Å². The molecule has 0 heteroatoms. The summed E-state index contributed by atoms with van der Waals surface area (Å²) in [5.41, 5.74) is 0. The van der Waals surface area contributed by atoms with E-state index in [9.17, 15) is 0 Å². The molecule has 0 heterocycles. The highest BCUT2D eigenvalue weighted by Crippen LogP contribution is 2.66. The maximum Gasteiger partial charge on any atom is -0.0136 e. The van der Waals surface area contributed by atoms with Crippen LogP contribution in [0.4, 0.5) is 0 Å². The van der Waals surface area contributed by atoms with Crippen LogP contribution in [-0.2, 0) is 0 Å². The Balaban J connectivity index is 0.0000000776. The van der Waals surface area contributed by atoms with Gasteiger partial charge in [-0.1, -0.05) is 124 Å². The smallest absolute Gasteiger partial charge is 0.0136 e. The Labute approximate surface area is 335 Å². The van der Waals surface area contributed by atoms with Crippen LogP contribution in [0.2, 0.25) is 0 Å². The normalized spacial score (nSPS) is 48.1. The minimum atomic E-state index is 0.991. The standard InChI is InChI=1S/C12H16.C10H16.C10H8.C9H12.C7H12.C7H10/c1-2-7-8(3-1)12-6-11(7)9-4-5-10(9)12;1-2-9-7-4-5-8(6-7)10(9)3-1;1-2-6-10-8-4-3-7-9(10)5-1;1-2-7-5-6(1)8-3-4-9(7)8;2*1-2-7-4-3-6(1)5-7/h4-5,7-12H,1-3,6H2;7-10H,1-6H2;1-8H;3-4,6-9H,1-2,5H2;6-7H,1-5H2;1-2,6-7H,3-5H2. The van der Waals surface area contributed by atoms with Crippen molar-refractivity contribution in [1.82, 2.24) is 0 Å². The lowest BCUT2D eigenvalue weighted by atomic mass is 9.65. The van der Waals surface area contributed by atoms with Gasteiger partial charge in [0, 0.05) is 0 Å². The minimum Gasteiger partial charge on any atom is -0.0851 e. The molecular formula is C55H74. The summed E-state index contributed by atoms with van der Waals surface area (Å²) >= 11 is 0. The molecule has 0 aliphatic heterocycles. The van der Waals surface area contributed by atoms with E-state index in [0.717, 1.165) is 59.2 Å². The average Bonchev–Trinajstić information content (AvgIpc) is 4.05. The Morgan fingerprint density at radius 1 is 0.291 bits per heavy atom. The molecule has 0 amide bonds. The van der Waals surface area contributed by atoms with Crippen LogP contribution in [0.1, 0.15) is 135 Å². The molecule has 10 bridgehead atoms. The van der Waals surface area contributed by atoms with Gasteiger partial charge in [-0.2, -0.15) is 0 Å². The highest BCUT2D eigenvalue weighted by atomic mass is 14.6. The molecule has 16 rings (SSSR count). The molecule has 14 aliphatic rings. The second-order valence-corrected chi connectivity index (χ2v) is 22.0. The summed E-state index contributed by atoms with van der Waals surface area (Å²) in [5, 5.41) is 2.62. The first-order valence-corrected chi connectivity index (χ1v) is 24.7. The van der Waals surface area contributed by atoms with Gasteiger partial charge in [-0.15, -0.1) is 0 Å². The topological polar surface area (TPSA) is 0 Å². The summed E-state index contributed by atoms with van der Waals surface area (Å²) < 4.78 is 0. The maximum atomic E-state index is 2.50. The number of benzene rings is 2. The SMILES string of the molecule is C1=CC2C1C1CC2C2CCCC12.C1=CC2C3CCC(C3)C12.C1=CC2CCC1C2.C1CC2C3CCC(C3)C2C1.C1CC2CCC1C2.c1ccc2ccccc2c1. The highest BCUT2D eigenvalue weighted by molar-refractivity contribution is 5.82. The molecule has 0 N–H and O–H groups in total. The number of fused-ring (bicyclic) bond motifs is 23. The van der Waals surface area contributed by atoms with Gasteiger partial charge in [-0.25, -0.2) is 0 Å². The molecule has 0 nitrogen and oxygen atoms in total. The first kappa shape index (κ1) is 36.0. The Hall–Kier alpha value is -2.08. The Bertz CT molecular complexity index is 1560. The lowest BCUT2D eigenvalue weighted by molar-refractivity contribution is 0.155. The second kappa shape index (κ2) is 15.6. The van der Waals surface area contributed by atoms with Crippen molar-refractivity contribution in [1.29, 1.82) is 0 Å². The summed E-state index contributed by atoms with van der Waals surface area (Å²) in [4.78, 5) is 0. The fraction of sp³-hybridized carbons (Fsp3) is 0.709. The first-order chi connectivity index (χ1) is 27.2. The summed E-state index contributed by atoms with van der Waals surface area (Å²) in [6.07, 6.45) is 47.3. The van der Waals surface area contributed by atoms with E-state index < -0.39 is 0 Å². The van der Waals surface area contributed by atoms with Crippen molar-refractivity contribution in [2.45, 2.75) is 135 Å². The van der Waals surface area contributed by atoms with Gasteiger partial charge in [-0.05, 0) is 214 Å². The van der Waals surface area contributed by atoms with Crippen LogP contribution in [-0.4, -0.2) is 0 Å². The molecule has 294 valence electrons. The zero-order chi connectivity index (χ0) is 36.3. The van der Waals surface area contributed by atoms with Crippen molar-refractivity contribution >= 4 is 10.8 Å². The van der Waals surface area contributed by atoms with Gasteiger partial charge in [0.2, 0.25) is 0 Å². The second-order valence-electron chi connectivity index (χ2n) is 22.0. The van der Waals surface area contributed by atoms with E-state index in [1.165, 1.54) is 90.2 Å². The number of rotatable bonds is 0. The number of hydrogen-bond acceptors (Lipinski definition) is 0. The Kier molecular flexibility index (Phi) is 10.2. The molecule has 0 aromatic heterocycles. The van der Waals surface area contributed by atoms with Gasteiger partial charge >= 0.3 is 0 Å². The van der Waals surface area contributed by atoms with E-state index in [0.29, 0.717) is 0 Å². The lowest BCUT2D eigenvalue weighted by Crippen LogP contribution is -2.34. The van der Waals surface area contributed by atoms with Crippen LogP contribution < -0.4 is 0 Å². The zero-order valence-electron chi connectivity index (χ0n) is 34.3. The summed E-state index contributed by atoms with van der Waals surface area (Å²) in [6, 6.07) is 16.7. The largest absolute Gasteiger partial charge is 0.0851 e. The van der Waals surface area contributed by atoms with Gasteiger partial charge in [0.15, 0.2) is 0 Å². The third-order valence-electron chi connectivity index (χ3n) is 19.7. The van der Waals surface area contributed by atoms with E-state index in [2.05, 4.69) is 85.0 Å². The van der Waals surface area contributed by atoms with Gasteiger partial charge in [0.1, 0.15) is 0 Å². The van der Waals surface area contributed by atoms with Crippen molar-refractivity contribution < 1.29 is 0 Å². The molecule has 16 atom stereocenters. The monoisotopic (exact) mass is 735 g/mol. The Morgan fingerprint density at radius 2 is 0.709 bits per heavy atom. The van der Waals surface area contributed by atoms with Crippen LogP contribution in [0.25, 0.3) is 10.8 Å². The molecule has 2 aromatic carbocycles. The highest BCUT2D eigenvalue weighted by Gasteiger charge is 2.59. The van der Waals surface area contributed by atoms with Gasteiger partial charge in [0.25, 0.3) is 0 Å². The summed E-state index contributed by atoms with van der Waals surface area (Å²) in [6.45, 7) is 0. The lowest BCUT2D eigenvalue weighted by Gasteiger charge is -2.40. The predicted molar refractivity (Wildman–Crippen MR) is 231 cm³/mol. The molecular weight excluding hydrogens is 661 g/mol. The molecule has 0 spiro atoms. The molecule has 11 saturated carbocycles. The van der Waals surface area contributed by atoms with E-state index in [1.54, 1.807) is 103 Å². The van der Waals surface area contributed by atoms with Gasteiger partial charge < -0.3 is 0 Å². The fourth-order valence-corrected chi connectivity index (χ4v) is 17.0. The Morgan fingerprint density at radius 3 is 1.05 bits per heavy atom. The van der Waals surface area contributed by atoms with Crippen LogP contribution in [0.3, 0.4) is 0 Å². The summed E-state index contributed by atoms with van der Waals surface area (Å²) in [5.74, 6) is 20.2.